The first kappa shape index (κ1) is 45.4. The fraction of sp³-hybridized carbons (Fsp3) is 0.490. The predicted octanol–water partition coefficient (Wildman–Crippen LogP) is 8.27. The number of aromatic amines is 2. The first-order chi connectivity index (χ1) is 32.8. The summed E-state index contributed by atoms with van der Waals surface area (Å²) in [5.74, 6) is 0.451. The van der Waals surface area contributed by atoms with Gasteiger partial charge < -0.3 is 44.6 Å². The van der Waals surface area contributed by atoms with Crippen molar-refractivity contribution in [1.82, 2.24) is 44.9 Å². The van der Waals surface area contributed by atoms with E-state index in [0.717, 1.165) is 65.7 Å². The van der Waals surface area contributed by atoms with Crippen LogP contribution in [0.5, 0.6) is 5.75 Å². The number of ether oxygens (including phenoxy) is 3. The Balaban J connectivity index is 0.960. The molecule has 68 heavy (non-hydrogen) atoms. The number of aliphatic imine (C=N–C) groups is 1. The highest BCUT2D eigenvalue weighted by molar-refractivity contribution is 8.14. The quantitative estimate of drug-likeness (QED) is 0.0999. The van der Waals surface area contributed by atoms with Crippen LogP contribution in [-0.4, -0.2) is 114 Å². The van der Waals surface area contributed by atoms with Gasteiger partial charge in [-0.05, 0) is 80.7 Å². The zero-order valence-corrected chi connectivity index (χ0v) is 39.8. The molecule has 2 aromatic carbocycles. The average Bonchev–Trinajstić information content (AvgIpc) is 4.18. The molecule has 1 saturated carbocycles. The second kappa shape index (κ2) is 18.3. The maximum Gasteiger partial charge on any atom is 0.407 e. The van der Waals surface area contributed by atoms with Crippen molar-refractivity contribution in [3.05, 3.63) is 66.3 Å². The average molecular weight is 949 g/mol. The Morgan fingerprint density at radius 3 is 1.96 bits per heavy atom. The number of rotatable bonds is 11. The second-order valence-electron chi connectivity index (χ2n) is 19.1. The molecule has 2 saturated heterocycles. The Bertz CT molecular complexity index is 2820. The van der Waals surface area contributed by atoms with E-state index in [4.69, 9.17) is 29.2 Å². The van der Waals surface area contributed by atoms with Gasteiger partial charge in [0.1, 0.15) is 40.3 Å². The van der Waals surface area contributed by atoms with E-state index < -0.39 is 36.3 Å². The molecule has 1 aliphatic carbocycles. The normalized spacial score (nSPS) is 22.7. The monoisotopic (exact) mass is 948 g/mol. The predicted molar refractivity (Wildman–Crippen MR) is 254 cm³/mol. The van der Waals surface area contributed by atoms with Crippen molar-refractivity contribution >= 4 is 51.7 Å². The number of alkyl carbamates (subject to hydrolysis) is 2. The summed E-state index contributed by atoms with van der Waals surface area (Å²) in [6.45, 7) is 8.58. The van der Waals surface area contributed by atoms with Gasteiger partial charge in [0.2, 0.25) is 18.0 Å². The van der Waals surface area contributed by atoms with Gasteiger partial charge in [0, 0.05) is 34.9 Å². The van der Waals surface area contributed by atoms with Crippen LogP contribution >= 0.6 is 11.8 Å². The molecule has 17 nitrogen and oxygen atoms in total. The molecule has 0 spiro atoms. The molecule has 19 heteroatoms. The Hall–Kier alpha value is -6.37. The number of carbonyl (C=O) groups is 4. The third-order valence-corrected chi connectivity index (χ3v) is 15.5. The zero-order chi connectivity index (χ0) is 47.5. The number of thioether (sulfide) groups is 1. The molecule has 5 aromatic rings. The van der Waals surface area contributed by atoms with E-state index in [2.05, 4.69) is 31.2 Å². The number of amides is 4. The van der Waals surface area contributed by atoms with Crippen LogP contribution < -0.4 is 15.4 Å². The molecule has 5 aliphatic rings. The summed E-state index contributed by atoms with van der Waals surface area (Å²) >= 11 is 1.76. The maximum atomic E-state index is 16.9. The largest absolute Gasteiger partial charge is 0.463 e. The number of carbonyl (C=O) groups excluding carboxylic acids is 4. The molecule has 3 fully saturated rings. The smallest absolute Gasteiger partial charge is 0.407 e. The third-order valence-electron chi connectivity index (χ3n) is 14.1. The number of nitrogens with one attached hydrogen (secondary N) is 4. The van der Waals surface area contributed by atoms with Crippen LogP contribution in [0.3, 0.4) is 0 Å². The first-order valence-corrected chi connectivity index (χ1v) is 24.5. The van der Waals surface area contributed by atoms with Gasteiger partial charge in [0.05, 0.1) is 72.9 Å². The van der Waals surface area contributed by atoms with Crippen molar-refractivity contribution in [2.75, 3.05) is 27.3 Å². The van der Waals surface area contributed by atoms with Gasteiger partial charge in [0.15, 0.2) is 0 Å². The van der Waals surface area contributed by atoms with Crippen LogP contribution in [0.2, 0.25) is 0 Å². The highest BCUT2D eigenvalue weighted by atomic mass is 32.2. The third kappa shape index (κ3) is 8.15. The molecule has 0 bridgehead atoms. The fourth-order valence-corrected chi connectivity index (χ4v) is 12.0. The number of nitrogens with zero attached hydrogens (tertiary/aromatic N) is 6. The number of methoxy groups -OCH3 is 2. The molecule has 7 heterocycles. The van der Waals surface area contributed by atoms with Gasteiger partial charge in [-0.25, -0.2) is 23.9 Å². The second-order valence-corrected chi connectivity index (χ2v) is 20.3. The number of benzene rings is 2. The zero-order valence-electron chi connectivity index (χ0n) is 39.0. The molecule has 358 valence electrons. The minimum absolute atomic E-state index is 0.150. The lowest BCUT2D eigenvalue weighted by molar-refractivity contribution is -0.136. The molecule has 7 atom stereocenters. The summed E-state index contributed by atoms with van der Waals surface area (Å²) in [6.07, 6.45) is 7.71. The lowest BCUT2D eigenvalue weighted by atomic mass is 10.0. The highest BCUT2D eigenvalue weighted by Gasteiger charge is 2.43. The van der Waals surface area contributed by atoms with Crippen molar-refractivity contribution in [3.8, 4) is 39.5 Å². The number of likely N-dealkylation sites (tertiary alicyclic amines) is 2. The lowest BCUT2D eigenvalue weighted by Gasteiger charge is -2.30. The van der Waals surface area contributed by atoms with Gasteiger partial charge in [-0.1, -0.05) is 51.9 Å². The highest BCUT2D eigenvalue weighted by Crippen LogP contribution is 2.50. The maximum absolute atomic E-state index is 16.9. The molecule has 3 unspecified atom stereocenters. The van der Waals surface area contributed by atoms with Crippen LogP contribution in [0.15, 0.2) is 53.8 Å². The summed E-state index contributed by atoms with van der Waals surface area (Å²) in [7, 11) is 2.55. The minimum Gasteiger partial charge on any atom is -0.463 e. The van der Waals surface area contributed by atoms with Gasteiger partial charge >= 0.3 is 12.2 Å². The summed E-state index contributed by atoms with van der Waals surface area (Å²) < 4.78 is 35.5. The van der Waals surface area contributed by atoms with Crippen LogP contribution in [0.4, 0.5) is 14.0 Å². The van der Waals surface area contributed by atoms with E-state index in [0.29, 0.717) is 64.7 Å². The van der Waals surface area contributed by atoms with E-state index >= 15 is 4.39 Å². The number of aromatic nitrogens is 5. The molecular formula is C49H57FN10O7S. The topological polar surface area (TPSA) is 201 Å². The van der Waals surface area contributed by atoms with Crippen LogP contribution in [-0.2, 0) is 19.1 Å². The molecular weight excluding hydrogens is 892 g/mol. The lowest BCUT2D eigenvalue weighted by Crippen LogP contribution is -2.51. The number of hydrogen-bond donors (Lipinski definition) is 4. The van der Waals surface area contributed by atoms with E-state index in [1.807, 2.05) is 52.0 Å². The first-order valence-electron chi connectivity index (χ1n) is 23.6. The van der Waals surface area contributed by atoms with Gasteiger partial charge in [-0.3, -0.25) is 19.1 Å². The van der Waals surface area contributed by atoms with Crippen molar-refractivity contribution < 1.29 is 37.8 Å². The Morgan fingerprint density at radius 1 is 0.779 bits per heavy atom. The van der Waals surface area contributed by atoms with E-state index in [-0.39, 0.29) is 41.8 Å². The summed E-state index contributed by atoms with van der Waals surface area (Å²) in [6, 6.07) is 9.51. The number of H-pyrrole nitrogens is 2. The van der Waals surface area contributed by atoms with E-state index in [9.17, 15) is 19.2 Å². The Labute approximate surface area is 397 Å². The number of hydrogen-bond acceptors (Lipinski definition) is 11. The molecule has 4 amide bonds. The minimum atomic E-state index is -0.769. The summed E-state index contributed by atoms with van der Waals surface area (Å²) in [4.78, 5) is 77.0. The molecule has 3 aromatic heterocycles. The number of halogens is 1. The summed E-state index contributed by atoms with van der Waals surface area (Å²) in [5.41, 5.74) is 4.64. The molecule has 10 rings (SSSR count). The number of fused-ring (bicyclic) bond motifs is 6. The van der Waals surface area contributed by atoms with Crippen LogP contribution in [0, 0.1) is 17.7 Å². The fourth-order valence-electron chi connectivity index (χ4n) is 10.6. The number of imidazole rings is 2. The van der Waals surface area contributed by atoms with Crippen LogP contribution in [0.1, 0.15) is 103 Å². The Morgan fingerprint density at radius 2 is 1.38 bits per heavy atom. The van der Waals surface area contributed by atoms with Crippen molar-refractivity contribution in [1.29, 1.82) is 0 Å². The van der Waals surface area contributed by atoms with Gasteiger partial charge in [-0.2, -0.15) is 0 Å². The van der Waals surface area contributed by atoms with E-state index in [1.54, 1.807) is 34.0 Å². The molecule has 4 N–H and O–H groups in total. The van der Waals surface area contributed by atoms with Crippen LogP contribution in [0.25, 0.3) is 44.7 Å². The molecule has 0 radical (unpaired) electrons. The molecule has 4 aliphatic heterocycles. The van der Waals surface area contributed by atoms with Crippen molar-refractivity contribution in [3.63, 3.8) is 0 Å². The van der Waals surface area contributed by atoms with Crippen molar-refractivity contribution in [2.45, 2.75) is 114 Å². The van der Waals surface area contributed by atoms with Crippen molar-refractivity contribution in [2.24, 2.45) is 16.8 Å². The van der Waals surface area contributed by atoms with E-state index in [1.165, 1.54) is 20.3 Å². The van der Waals surface area contributed by atoms with Gasteiger partial charge in [-0.15, -0.1) is 0 Å². The standard InChI is InChI=1S/C49H57FN10O7S/c1-24(2)40(56-48(63)65-5)45(61)58-16-8-11-34(58)42-51-22-31(53-42)26-14-15-33-28(18-26)20-36-39-29(50)19-27(21-37(39)67-47(60(33)36)44-55-30-10-7-13-38(30)68-44)32-23-52-43(54-32)35-12-9-17-59(35)46(62)41(25(3)4)57-49(64)66-6/h14-15,18-25,30,34-35,38,40-41,47H,7-13,16-17H2,1-6H3,(H,51,53)(H,52,54)(H,56,63)(H,57,64)/t30?,34-,35-,38?,40-,41-,47?/m0/s1. The summed E-state index contributed by atoms with van der Waals surface area (Å²) in [5, 5.41) is 7.53. The Kier molecular flexibility index (Phi) is 12.2. The SMILES string of the molecule is COC(=O)N[C@H](C(=O)N1CCC[C@H]1c1ncc(-c2cc(F)c3c(c2)OC(C2=NC4CCCC4S2)n2c-3cc3cc(-c4cnc([C@@H]5CCCN5C(=O)[C@@H](NC(=O)OC)C(C)C)[nH]4)ccc32)[nH]1)C(C)C. The van der Waals surface area contributed by atoms with Gasteiger partial charge in [0.25, 0.3) is 0 Å².